The molecule has 0 bridgehead atoms. The Morgan fingerprint density at radius 1 is 0.926 bits per heavy atom. The average Bonchev–Trinajstić information content (AvgIpc) is 2.87. The Bertz CT molecular complexity index is 401. The molecule has 1 saturated heterocycles. The Balaban J connectivity index is -0.0000000510. The van der Waals surface area contributed by atoms with E-state index in [1.165, 1.54) is 25.0 Å². The van der Waals surface area contributed by atoms with E-state index in [0.717, 1.165) is 0 Å². The van der Waals surface area contributed by atoms with Crippen LogP contribution in [-0.4, -0.2) is 38.8 Å². The van der Waals surface area contributed by atoms with Crippen molar-refractivity contribution in [3.05, 3.63) is 11.1 Å². The maximum Gasteiger partial charge on any atom is 0.214 e. The predicted octanol–water partition coefficient (Wildman–Crippen LogP) is 4.84. The van der Waals surface area contributed by atoms with E-state index in [-0.39, 0.29) is 22.6 Å². The first-order valence-corrected chi connectivity index (χ1v) is 8.07. The molecule has 1 rings (SSSR count). The number of hydrogen-bond donors (Lipinski definition) is 4. The number of carbonyl (C=O) groups is 1. The van der Waals surface area contributed by atoms with Crippen LogP contribution in [0.1, 0.15) is 83.1 Å². The third-order valence-corrected chi connectivity index (χ3v) is 2.92. The highest BCUT2D eigenvalue weighted by Crippen LogP contribution is 2.46. The molecule has 1 amide bonds. The van der Waals surface area contributed by atoms with Gasteiger partial charge in [0.2, 0.25) is 5.91 Å². The molecule has 0 unspecified atom stereocenters. The van der Waals surface area contributed by atoms with Crippen molar-refractivity contribution < 1.29 is 25.5 Å². The lowest BCUT2D eigenvalue weighted by Crippen LogP contribution is -2.10. The summed E-state index contributed by atoms with van der Waals surface area (Å²) in [6.07, 6.45) is 0. The number of amides is 1. The van der Waals surface area contributed by atoms with Crippen LogP contribution >= 0.6 is 0 Å². The first-order chi connectivity index (χ1) is 11.5. The quantitative estimate of drug-likeness (QED) is 0.151. The Labute approximate surface area is 165 Å². The number of allylic oxidation sites excluding steroid dienone is 2. The molecule has 0 aromatic rings. The second-order valence-electron chi connectivity index (χ2n) is 6.96. The van der Waals surface area contributed by atoms with Crippen molar-refractivity contribution in [2.75, 3.05) is 0 Å². The number of nitrogens with one attached hydrogen (secondary N) is 1. The maximum absolute atomic E-state index is 9.22. The number of nitriles is 1. The summed E-state index contributed by atoms with van der Waals surface area (Å²) in [5.74, 6) is -0.333. The Kier molecular flexibility index (Phi) is 33.0. The molecule has 1 heterocycles. The van der Waals surface area contributed by atoms with Crippen molar-refractivity contribution in [3.63, 3.8) is 0 Å². The fourth-order valence-electron chi connectivity index (χ4n) is 0.612. The van der Waals surface area contributed by atoms with Crippen molar-refractivity contribution in [2.45, 2.75) is 94.3 Å². The van der Waals surface area contributed by atoms with Gasteiger partial charge in [-0.3, -0.25) is 15.3 Å². The van der Waals surface area contributed by atoms with Crippen LogP contribution in [0.15, 0.2) is 11.1 Å². The lowest BCUT2D eigenvalue weighted by molar-refractivity contribution is -0.176. The molecule has 8 nitrogen and oxygen atoms in total. The van der Waals surface area contributed by atoms with Crippen molar-refractivity contribution >= 4 is 11.6 Å². The van der Waals surface area contributed by atoms with Crippen LogP contribution in [0.5, 0.6) is 0 Å². The highest BCUT2D eigenvalue weighted by Gasteiger charge is 2.55. The second-order valence-corrected chi connectivity index (χ2v) is 6.96. The smallest absolute Gasteiger partial charge is 0.214 e. The molecule has 0 radical (unpaired) electrons. The Morgan fingerprint density at radius 3 is 1.00 bits per heavy atom. The van der Waals surface area contributed by atoms with Gasteiger partial charge in [-0.15, -0.1) is 0 Å². The van der Waals surface area contributed by atoms with Crippen molar-refractivity contribution in [3.8, 4) is 6.07 Å². The van der Waals surface area contributed by atoms with Crippen molar-refractivity contribution in [1.82, 2.24) is 0 Å². The zero-order chi connectivity index (χ0) is 22.7. The first-order valence-electron chi connectivity index (χ1n) is 8.07. The molecule has 164 valence electrons. The molecule has 0 aromatic heterocycles. The monoisotopic (exact) mass is 392 g/mol. The van der Waals surface area contributed by atoms with Crippen LogP contribution in [0.25, 0.3) is 0 Å². The minimum atomic E-state index is -0.333. The minimum Gasteiger partial charge on any atom is -0.870 e. The largest absolute Gasteiger partial charge is 0.870 e. The molecule has 6 N–H and O–H groups in total. The van der Waals surface area contributed by atoms with E-state index < -0.39 is 0 Å². The highest BCUT2D eigenvalue weighted by molar-refractivity contribution is 5.75. The number of carbonyl (C=O) groups excluding carboxylic acids is 1. The number of rotatable bonds is 0. The summed E-state index contributed by atoms with van der Waals surface area (Å²) in [6.45, 7) is 23.1. The lowest BCUT2D eigenvalue weighted by Gasteiger charge is -1.95. The van der Waals surface area contributed by atoms with Crippen molar-refractivity contribution in [1.29, 1.82) is 10.7 Å². The third-order valence-electron chi connectivity index (χ3n) is 2.92. The summed E-state index contributed by atoms with van der Waals surface area (Å²) in [6, 6.07) is 1.75. The average molecular weight is 393 g/mol. The van der Waals surface area contributed by atoms with Gasteiger partial charge in [0.15, 0.2) is 0 Å². The van der Waals surface area contributed by atoms with Gasteiger partial charge in [-0.1, -0.05) is 11.1 Å². The molecule has 1 fully saturated rings. The molecule has 0 atom stereocenters. The van der Waals surface area contributed by atoms with Gasteiger partial charge in [-0.25, -0.2) is 0 Å². The molecule has 0 aromatic carbocycles. The van der Waals surface area contributed by atoms with Gasteiger partial charge >= 0.3 is 0 Å². The lowest BCUT2D eigenvalue weighted by atomic mass is 10.0. The topological polar surface area (TPSA) is 174 Å². The number of hydrogen-bond acceptors (Lipinski definition) is 7. The van der Waals surface area contributed by atoms with Crippen LogP contribution in [-0.2, 0) is 9.53 Å². The summed E-state index contributed by atoms with van der Waals surface area (Å²) in [5.41, 5.74) is 8.28. The van der Waals surface area contributed by atoms with Gasteiger partial charge in [-0.05, 0) is 69.2 Å². The van der Waals surface area contributed by atoms with Crippen LogP contribution in [0, 0.1) is 16.7 Å². The fraction of sp³-hybridized carbons (Fsp3) is 0.737. The highest BCUT2D eigenvalue weighted by atomic mass is 17.0. The summed E-state index contributed by atoms with van der Waals surface area (Å²) < 4.78 is 5.29. The molecule has 1 aliphatic rings. The van der Waals surface area contributed by atoms with Gasteiger partial charge in [0.25, 0.3) is 0 Å². The number of ether oxygens (including phenoxy) is 1. The summed E-state index contributed by atoms with van der Waals surface area (Å²) >= 11 is 0. The van der Waals surface area contributed by atoms with E-state index in [4.69, 9.17) is 25.9 Å². The number of nitrogens with zero attached hydrogens (tertiary/aromatic N) is 1. The molecular formula is C19H42N3O5-. The van der Waals surface area contributed by atoms with Crippen LogP contribution in [0.3, 0.4) is 0 Å². The van der Waals surface area contributed by atoms with Gasteiger partial charge in [0.1, 0.15) is 0 Å². The molecule has 0 aliphatic carbocycles. The molecular weight excluding hydrogens is 350 g/mol. The van der Waals surface area contributed by atoms with E-state index in [0.29, 0.717) is 5.71 Å². The van der Waals surface area contributed by atoms with E-state index in [2.05, 4.69) is 61.1 Å². The summed E-state index contributed by atoms with van der Waals surface area (Å²) in [4.78, 5) is 9.22. The second kappa shape index (κ2) is 22.3. The molecule has 0 spiro atoms. The molecule has 1 aliphatic heterocycles. The predicted molar refractivity (Wildman–Crippen MR) is 111 cm³/mol. The number of epoxide rings is 1. The fourth-order valence-corrected chi connectivity index (χ4v) is 0.612. The molecule has 8 heteroatoms. The maximum atomic E-state index is 9.22. The van der Waals surface area contributed by atoms with E-state index in [9.17, 15) is 4.79 Å². The van der Waals surface area contributed by atoms with Gasteiger partial charge in [0, 0.05) is 19.6 Å². The third kappa shape index (κ3) is 51.6. The zero-order valence-corrected chi connectivity index (χ0v) is 19.2. The standard InChI is InChI=1S/C6H12O.C6H12.C3H7N.C2H5NO.C2H3N.H2O2.H2O/c1-5(2)6(3,4)7-5;1-5(2)6(3)4;1-3(2)4;1-2(3)4;1-2-3;1-2;/h1-4H3;1-4H3;4H,1-2H3;1H3,(H2,3,4);1H3;1-2H;1H2/p-1. The van der Waals surface area contributed by atoms with E-state index in [1.54, 1.807) is 19.9 Å². The van der Waals surface area contributed by atoms with Crippen LogP contribution in [0.4, 0.5) is 0 Å². The summed E-state index contributed by atoms with van der Waals surface area (Å²) in [5, 5.41) is 25.8. The molecule has 27 heavy (non-hydrogen) atoms. The van der Waals surface area contributed by atoms with E-state index in [1.807, 2.05) is 0 Å². The molecule has 0 saturated carbocycles. The van der Waals surface area contributed by atoms with Gasteiger partial charge in [-0.2, -0.15) is 5.26 Å². The number of nitrogens with two attached hydrogens (primary N) is 1. The van der Waals surface area contributed by atoms with Crippen LogP contribution < -0.4 is 5.73 Å². The van der Waals surface area contributed by atoms with Crippen LogP contribution in [0.2, 0.25) is 0 Å². The SMILES string of the molecule is CC#N.CC(C)=C(C)C.CC(C)=N.CC(N)=O.CC1(C)OC1(C)C.OO.[OH-]. The normalized spacial score (nSPS) is 12.6. The number of primary amides is 1. The van der Waals surface area contributed by atoms with Gasteiger partial charge < -0.3 is 21.4 Å². The Hall–Kier alpha value is -1.79. The summed E-state index contributed by atoms with van der Waals surface area (Å²) in [7, 11) is 0. The first kappa shape index (κ1) is 40.0. The van der Waals surface area contributed by atoms with Crippen molar-refractivity contribution in [2.24, 2.45) is 5.73 Å². The van der Waals surface area contributed by atoms with Gasteiger partial charge in [0.05, 0.1) is 17.3 Å². The Morgan fingerprint density at radius 2 is 1.00 bits per heavy atom. The minimum absolute atomic E-state index is 0. The zero-order valence-electron chi connectivity index (χ0n) is 19.2. The van der Waals surface area contributed by atoms with E-state index >= 15 is 0 Å².